The Bertz CT molecular complexity index is 610. The van der Waals surface area contributed by atoms with Crippen LogP contribution in [-0.2, 0) is 19.3 Å². The van der Waals surface area contributed by atoms with E-state index in [1.165, 1.54) is 35.1 Å². The molecule has 1 aliphatic rings. The zero-order chi connectivity index (χ0) is 14.8. The molecule has 1 unspecified atom stereocenters. The van der Waals surface area contributed by atoms with Crippen molar-refractivity contribution in [2.24, 2.45) is 5.92 Å². The Kier molecular flexibility index (Phi) is 4.32. The second kappa shape index (κ2) is 6.21. The average Bonchev–Trinajstić information content (AvgIpc) is 2.90. The molecule has 0 bridgehead atoms. The van der Waals surface area contributed by atoms with Crippen LogP contribution in [0.15, 0.2) is 42.5 Å². The van der Waals surface area contributed by atoms with Crippen molar-refractivity contribution in [3.63, 3.8) is 0 Å². The van der Waals surface area contributed by atoms with Gasteiger partial charge in [-0.15, -0.1) is 0 Å². The highest BCUT2D eigenvalue weighted by molar-refractivity contribution is 6.31. The number of nitrogens with one attached hydrogen (secondary N) is 1. The van der Waals surface area contributed by atoms with Gasteiger partial charge in [-0.2, -0.15) is 0 Å². The molecule has 1 N–H and O–H groups in total. The summed E-state index contributed by atoms with van der Waals surface area (Å²) in [4.78, 5) is 0. The second-order valence-electron chi connectivity index (χ2n) is 6.13. The van der Waals surface area contributed by atoms with Crippen molar-refractivity contribution in [2.45, 2.75) is 32.2 Å². The fourth-order valence-electron chi connectivity index (χ4n) is 3.44. The van der Waals surface area contributed by atoms with Crippen LogP contribution in [0.5, 0.6) is 0 Å². The van der Waals surface area contributed by atoms with Crippen LogP contribution in [0.3, 0.4) is 0 Å². The molecule has 0 fully saturated rings. The van der Waals surface area contributed by atoms with Crippen LogP contribution in [0.2, 0.25) is 5.02 Å². The largest absolute Gasteiger partial charge is 0.316 e. The van der Waals surface area contributed by atoms with E-state index in [2.05, 4.69) is 61.8 Å². The van der Waals surface area contributed by atoms with Crippen molar-refractivity contribution in [2.75, 3.05) is 7.05 Å². The maximum absolute atomic E-state index is 6.40. The maximum atomic E-state index is 6.40. The number of likely N-dealkylation sites (N-methyl/N-ethyl adjacent to an activating group) is 1. The molecular weight excluding hydrogens is 278 g/mol. The summed E-state index contributed by atoms with van der Waals surface area (Å²) in [5, 5.41) is 4.40. The Morgan fingerprint density at radius 1 is 1.14 bits per heavy atom. The number of fused-ring (bicyclic) bond motifs is 1. The minimum atomic E-state index is 0.470. The third-order valence-corrected chi connectivity index (χ3v) is 5.02. The van der Waals surface area contributed by atoms with E-state index in [4.69, 9.17) is 11.6 Å². The molecular formula is C19H22ClN. The van der Waals surface area contributed by atoms with Crippen LogP contribution in [0.1, 0.15) is 22.3 Å². The molecule has 1 nitrogen and oxygen atoms in total. The minimum absolute atomic E-state index is 0.470. The lowest BCUT2D eigenvalue weighted by molar-refractivity contribution is 0.383. The van der Waals surface area contributed by atoms with Gasteiger partial charge in [0, 0.05) is 11.1 Å². The maximum Gasteiger partial charge on any atom is 0.0441 e. The first kappa shape index (κ1) is 14.6. The summed E-state index contributed by atoms with van der Waals surface area (Å²) in [5.41, 5.74) is 5.49. The zero-order valence-electron chi connectivity index (χ0n) is 12.7. The standard InChI is InChI=1S/C19H22ClN/c1-13-7-8-16(18(20)9-13)12-19(21-2)17-10-14-5-3-4-6-15(14)11-17/h3-9,17,19,21H,10-12H2,1-2H3. The lowest BCUT2D eigenvalue weighted by atomic mass is 9.91. The van der Waals surface area contributed by atoms with Gasteiger partial charge >= 0.3 is 0 Å². The molecule has 0 heterocycles. The summed E-state index contributed by atoms with van der Waals surface area (Å²) < 4.78 is 0. The first-order valence-corrected chi connectivity index (χ1v) is 8.04. The van der Waals surface area contributed by atoms with Crippen molar-refractivity contribution in [3.8, 4) is 0 Å². The molecule has 2 heteroatoms. The van der Waals surface area contributed by atoms with Gasteiger partial charge < -0.3 is 5.32 Å². The van der Waals surface area contributed by atoms with Gasteiger partial charge in [-0.05, 0) is 67.5 Å². The lowest BCUT2D eigenvalue weighted by Gasteiger charge is -2.23. The van der Waals surface area contributed by atoms with Crippen LogP contribution >= 0.6 is 11.6 Å². The highest BCUT2D eigenvalue weighted by Gasteiger charge is 2.28. The molecule has 1 aliphatic carbocycles. The fourth-order valence-corrected chi connectivity index (χ4v) is 3.75. The molecule has 0 spiro atoms. The number of aryl methyl sites for hydroxylation is 1. The van der Waals surface area contributed by atoms with Gasteiger partial charge in [-0.25, -0.2) is 0 Å². The Labute approximate surface area is 132 Å². The number of hydrogen-bond acceptors (Lipinski definition) is 1. The molecule has 110 valence electrons. The molecule has 0 amide bonds. The molecule has 3 rings (SSSR count). The average molecular weight is 300 g/mol. The topological polar surface area (TPSA) is 12.0 Å². The van der Waals surface area contributed by atoms with Crippen molar-refractivity contribution < 1.29 is 0 Å². The van der Waals surface area contributed by atoms with Gasteiger partial charge in [-0.1, -0.05) is 48.0 Å². The van der Waals surface area contributed by atoms with Crippen molar-refractivity contribution in [3.05, 3.63) is 69.7 Å². The number of hydrogen-bond donors (Lipinski definition) is 1. The minimum Gasteiger partial charge on any atom is -0.316 e. The Balaban J connectivity index is 1.75. The summed E-state index contributed by atoms with van der Waals surface area (Å²) in [6, 6.07) is 15.7. The predicted octanol–water partition coefficient (Wildman–Crippen LogP) is 4.19. The molecule has 0 aliphatic heterocycles. The first-order valence-electron chi connectivity index (χ1n) is 7.66. The molecule has 0 saturated heterocycles. The molecule has 0 radical (unpaired) electrons. The lowest BCUT2D eigenvalue weighted by Crippen LogP contribution is -2.36. The molecule has 0 aromatic heterocycles. The first-order chi connectivity index (χ1) is 10.2. The molecule has 1 atom stereocenters. The van der Waals surface area contributed by atoms with Gasteiger partial charge in [0.05, 0.1) is 0 Å². The SMILES string of the molecule is CNC(Cc1ccc(C)cc1Cl)C1Cc2ccccc2C1. The zero-order valence-corrected chi connectivity index (χ0v) is 13.5. The predicted molar refractivity (Wildman–Crippen MR) is 90.1 cm³/mol. The number of halogens is 1. The van der Waals surface area contributed by atoms with Gasteiger partial charge in [0.2, 0.25) is 0 Å². The third-order valence-electron chi connectivity index (χ3n) is 4.67. The van der Waals surface area contributed by atoms with Crippen molar-refractivity contribution >= 4 is 11.6 Å². The number of rotatable bonds is 4. The van der Waals surface area contributed by atoms with E-state index in [0.29, 0.717) is 12.0 Å². The van der Waals surface area contributed by atoms with E-state index in [1.807, 2.05) is 0 Å². The Hall–Kier alpha value is -1.31. The van der Waals surface area contributed by atoms with Crippen LogP contribution in [0.25, 0.3) is 0 Å². The van der Waals surface area contributed by atoms with Gasteiger partial charge in [0.1, 0.15) is 0 Å². The van der Waals surface area contributed by atoms with Gasteiger partial charge in [0.25, 0.3) is 0 Å². The highest BCUT2D eigenvalue weighted by atomic mass is 35.5. The molecule has 2 aromatic carbocycles. The van der Waals surface area contributed by atoms with Crippen LogP contribution < -0.4 is 5.32 Å². The molecule has 0 saturated carbocycles. The highest BCUT2D eigenvalue weighted by Crippen LogP contribution is 2.30. The quantitative estimate of drug-likeness (QED) is 0.892. The fraction of sp³-hybridized carbons (Fsp3) is 0.368. The monoisotopic (exact) mass is 299 g/mol. The normalized spacial score (nSPS) is 16.0. The van der Waals surface area contributed by atoms with Crippen LogP contribution in [0, 0.1) is 12.8 Å². The molecule has 21 heavy (non-hydrogen) atoms. The Morgan fingerprint density at radius 2 is 1.81 bits per heavy atom. The van der Waals surface area contributed by atoms with E-state index >= 15 is 0 Å². The van der Waals surface area contributed by atoms with Crippen LogP contribution in [-0.4, -0.2) is 13.1 Å². The summed E-state index contributed by atoms with van der Waals surface area (Å²) in [5.74, 6) is 0.657. The summed E-state index contributed by atoms with van der Waals surface area (Å²) in [7, 11) is 2.07. The summed E-state index contributed by atoms with van der Waals surface area (Å²) in [6.07, 6.45) is 3.34. The molecule has 2 aromatic rings. The second-order valence-corrected chi connectivity index (χ2v) is 6.54. The van der Waals surface area contributed by atoms with E-state index in [-0.39, 0.29) is 0 Å². The van der Waals surface area contributed by atoms with Crippen molar-refractivity contribution in [1.82, 2.24) is 5.32 Å². The third kappa shape index (κ3) is 3.14. The Morgan fingerprint density at radius 3 is 2.38 bits per heavy atom. The number of benzene rings is 2. The van der Waals surface area contributed by atoms with Gasteiger partial charge in [0.15, 0.2) is 0 Å². The van der Waals surface area contributed by atoms with Gasteiger partial charge in [-0.3, -0.25) is 0 Å². The van der Waals surface area contributed by atoms with E-state index in [9.17, 15) is 0 Å². The van der Waals surface area contributed by atoms with E-state index in [1.54, 1.807) is 0 Å². The van der Waals surface area contributed by atoms with E-state index < -0.39 is 0 Å². The van der Waals surface area contributed by atoms with E-state index in [0.717, 1.165) is 11.4 Å². The summed E-state index contributed by atoms with van der Waals surface area (Å²) in [6.45, 7) is 2.08. The smallest absolute Gasteiger partial charge is 0.0441 e. The van der Waals surface area contributed by atoms with Crippen molar-refractivity contribution in [1.29, 1.82) is 0 Å². The summed E-state index contributed by atoms with van der Waals surface area (Å²) >= 11 is 6.40. The van der Waals surface area contributed by atoms with Crippen LogP contribution in [0.4, 0.5) is 0 Å².